The lowest BCUT2D eigenvalue weighted by atomic mass is 9.82. The maximum absolute atomic E-state index is 13.0. The van der Waals surface area contributed by atoms with Crippen molar-refractivity contribution in [3.63, 3.8) is 0 Å². The summed E-state index contributed by atoms with van der Waals surface area (Å²) in [5.74, 6) is 1.73. The van der Waals surface area contributed by atoms with E-state index in [1.54, 1.807) is 12.1 Å². The van der Waals surface area contributed by atoms with Gasteiger partial charge >= 0.3 is 0 Å². The zero-order chi connectivity index (χ0) is 24.1. The molecular weight excluding hydrogens is 472 g/mol. The molecule has 0 spiro atoms. The largest absolute Gasteiger partial charge is 0.354 e. The highest BCUT2D eigenvalue weighted by molar-refractivity contribution is 7.89. The van der Waals surface area contributed by atoms with Gasteiger partial charge in [0, 0.05) is 24.5 Å². The summed E-state index contributed by atoms with van der Waals surface area (Å²) in [6, 6.07) is 13.1. The van der Waals surface area contributed by atoms with E-state index in [9.17, 15) is 8.42 Å². The molecule has 0 radical (unpaired) electrons. The zero-order valence-corrected chi connectivity index (χ0v) is 21.0. The Morgan fingerprint density at radius 3 is 2.29 bits per heavy atom. The molecule has 182 valence electrons. The van der Waals surface area contributed by atoms with Crippen LogP contribution in [0.1, 0.15) is 39.5 Å². The first-order valence-electron chi connectivity index (χ1n) is 11.7. The van der Waals surface area contributed by atoms with Crippen LogP contribution in [0.2, 0.25) is 5.28 Å². The maximum atomic E-state index is 13.0. The zero-order valence-electron chi connectivity index (χ0n) is 19.5. The van der Waals surface area contributed by atoms with Gasteiger partial charge in [0.05, 0.1) is 4.90 Å². The number of aromatic nitrogens is 3. The van der Waals surface area contributed by atoms with E-state index in [0.717, 1.165) is 43.0 Å². The third-order valence-corrected chi connectivity index (χ3v) is 7.79. The fraction of sp³-hybridized carbons (Fsp3) is 0.458. The molecule has 0 atom stereocenters. The van der Waals surface area contributed by atoms with Crippen LogP contribution >= 0.6 is 11.6 Å². The van der Waals surface area contributed by atoms with Crippen molar-refractivity contribution in [2.45, 2.75) is 50.5 Å². The van der Waals surface area contributed by atoms with Crippen LogP contribution in [0.15, 0.2) is 47.4 Å². The van der Waals surface area contributed by atoms with E-state index in [0.29, 0.717) is 35.2 Å². The van der Waals surface area contributed by atoms with Crippen LogP contribution in [-0.4, -0.2) is 42.5 Å². The minimum Gasteiger partial charge on any atom is -0.354 e. The van der Waals surface area contributed by atoms with Crippen molar-refractivity contribution in [3.8, 4) is 0 Å². The van der Waals surface area contributed by atoms with E-state index < -0.39 is 10.0 Å². The van der Waals surface area contributed by atoms with E-state index in [2.05, 4.69) is 30.3 Å². The Kier molecular flexibility index (Phi) is 7.85. The topological polar surface area (TPSA) is 109 Å². The van der Waals surface area contributed by atoms with Crippen molar-refractivity contribution in [1.29, 1.82) is 0 Å². The Morgan fingerprint density at radius 1 is 0.912 bits per heavy atom. The monoisotopic (exact) mass is 502 g/mol. The first kappa shape index (κ1) is 24.6. The molecule has 1 aliphatic carbocycles. The molecule has 0 unspecified atom stereocenters. The first-order chi connectivity index (χ1) is 16.3. The number of anilines is 2. The number of rotatable bonds is 9. The van der Waals surface area contributed by atoms with Gasteiger partial charge in [-0.1, -0.05) is 36.4 Å². The SMILES string of the molecule is CC(C)Nc1nc(Cl)nc(NCC2CCC(CNS(=O)(=O)c3cccc4ccccc34)CC2)n1. The molecule has 4 rings (SSSR count). The fourth-order valence-corrected chi connectivity index (χ4v) is 5.87. The maximum Gasteiger partial charge on any atom is 0.241 e. The van der Waals surface area contributed by atoms with Crippen LogP contribution < -0.4 is 15.4 Å². The van der Waals surface area contributed by atoms with Crippen molar-refractivity contribution in [1.82, 2.24) is 19.7 Å². The Balaban J connectivity index is 1.27. The van der Waals surface area contributed by atoms with Crippen LogP contribution in [0.3, 0.4) is 0 Å². The molecule has 34 heavy (non-hydrogen) atoms. The van der Waals surface area contributed by atoms with Crippen molar-refractivity contribution in [2.24, 2.45) is 11.8 Å². The van der Waals surface area contributed by atoms with E-state index in [-0.39, 0.29) is 11.3 Å². The minimum atomic E-state index is -3.57. The predicted octanol–water partition coefficient (Wildman–Crippen LogP) is 4.70. The normalized spacial score (nSPS) is 18.8. The lowest BCUT2D eigenvalue weighted by molar-refractivity contribution is 0.284. The van der Waals surface area contributed by atoms with Gasteiger partial charge in [-0.2, -0.15) is 15.0 Å². The fourth-order valence-electron chi connectivity index (χ4n) is 4.36. The van der Waals surface area contributed by atoms with E-state index in [4.69, 9.17) is 11.6 Å². The third-order valence-electron chi connectivity index (χ3n) is 6.14. The second-order valence-electron chi connectivity index (χ2n) is 9.15. The second kappa shape index (κ2) is 10.8. The number of fused-ring (bicyclic) bond motifs is 1. The highest BCUT2D eigenvalue weighted by atomic mass is 35.5. The van der Waals surface area contributed by atoms with Gasteiger partial charge in [-0.3, -0.25) is 0 Å². The number of nitrogens with zero attached hydrogens (tertiary/aromatic N) is 3. The molecule has 8 nitrogen and oxygen atoms in total. The quantitative estimate of drug-likeness (QED) is 0.389. The average Bonchev–Trinajstić information content (AvgIpc) is 2.81. The van der Waals surface area contributed by atoms with Crippen LogP contribution in [0, 0.1) is 11.8 Å². The smallest absolute Gasteiger partial charge is 0.241 e. The number of hydrogen-bond acceptors (Lipinski definition) is 7. The molecule has 1 aromatic heterocycles. The van der Waals surface area contributed by atoms with Crippen molar-refractivity contribution < 1.29 is 8.42 Å². The molecular formula is C24H31ClN6O2S. The van der Waals surface area contributed by atoms with Crippen LogP contribution in [0.25, 0.3) is 10.8 Å². The van der Waals surface area contributed by atoms with Gasteiger partial charge in [0.2, 0.25) is 27.2 Å². The minimum absolute atomic E-state index is 0.155. The molecule has 0 saturated heterocycles. The molecule has 1 aliphatic rings. The van der Waals surface area contributed by atoms with Gasteiger partial charge in [-0.15, -0.1) is 0 Å². The summed E-state index contributed by atoms with van der Waals surface area (Å²) < 4.78 is 28.8. The Labute approximate surface area is 206 Å². The number of sulfonamides is 1. The molecule has 0 bridgehead atoms. The number of halogens is 1. The van der Waals surface area contributed by atoms with Crippen LogP contribution in [-0.2, 0) is 10.0 Å². The predicted molar refractivity (Wildman–Crippen MR) is 137 cm³/mol. The van der Waals surface area contributed by atoms with Gasteiger partial charge in [0.1, 0.15) is 0 Å². The van der Waals surface area contributed by atoms with Gasteiger partial charge in [0.25, 0.3) is 0 Å². The molecule has 1 heterocycles. The molecule has 10 heteroatoms. The van der Waals surface area contributed by atoms with Gasteiger partial charge in [-0.05, 0) is 74.4 Å². The van der Waals surface area contributed by atoms with Crippen LogP contribution in [0.5, 0.6) is 0 Å². The second-order valence-corrected chi connectivity index (χ2v) is 11.2. The molecule has 0 aliphatic heterocycles. The average molecular weight is 503 g/mol. The van der Waals surface area contributed by atoms with Crippen LogP contribution in [0.4, 0.5) is 11.9 Å². The molecule has 0 amide bonds. The first-order valence-corrected chi connectivity index (χ1v) is 13.6. The lowest BCUT2D eigenvalue weighted by Gasteiger charge is -2.28. The number of hydrogen-bond donors (Lipinski definition) is 3. The Hall–Kier alpha value is -2.49. The Morgan fingerprint density at radius 2 is 1.56 bits per heavy atom. The summed E-state index contributed by atoms with van der Waals surface area (Å²) in [6.45, 7) is 5.21. The summed E-state index contributed by atoms with van der Waals surface area (Å²) in [7, 11) is -3.57. The van der Waals surface area contributed by atoms with E-state index >= 15 is 0 Å². The summed E-state index contributed by atoms with van der Waals surface area (Å²) in [5.41, 5.74) is 0. The molecule has 2 aromatic carbocycles. The summed E-state index contributed by atoms with van der Waals surface area (Å²) in [4.78, 5) is 13.0. The van der Waals surface area contributed by atoms with Crippen molar-refractivity contribution >= 4 is 44.3 Å². The van der Waals surface area contributed by atoms with Crippen molar-refractivity contribution in [2.75, 3.05) is 23.7 Å². The molecule has 3 aromatic rings. The van der Waals surface area contributed by atoms with Gasteiger partial charge in [0.15, 0.2) is 0 Å². The highest BCUT2D eigenvalue weighted by Crippen LogP contribution is 2.29. The van der Waals surface area contributed by atoms with Gasteiger partial charge < -0.3 is 10.6 Å². The number of benzene rings is 2. The highest BCUT2D eigenvalue weighted by Gasteiger charge is 2.24. The molecule has 1 fully saturated rings. The van der Waals surface area contributed by atoms with Crippen molar-refractivity contribution in [3.05, 3.63) is 47.7 Å². The Bertz CT molecular complexity index is 1220. The standard InChI is InChI=1S/C24H31ClN6O2S/c1-16(2)28-24-30-22(25)29-23(31-24)26-14-17-10-12-18(13-11-17)15-27-34(32,33)21-9-5-7-19-6-3-4-8-20(19)21/h3-9,16-18,27H,10-15H2,1-2H3,(H2,26,28,29,30,31). The summed E-state index contributed by atoms with van der Waals surface area (Å²) in [5, 5.41) is 8.24. The lowest BCUT2D eigenvalue weighted by Crippen LogP contribution is -2.32. The summed E-state index contributed by atoms with van der Waals surface area (Å²) >= 11 is 6.02. The third kappa shape index (κ3) is 6.34. The van der Waals surface area contributed by atoms with E-state index in [1.165, 1.54) is 0 Å². The molecule has 1 saturated carbocycles. The molecule has 3 N–H and O–H groups in total. The van der Waals surface area contributed by atoms with Gasteiger partial charge in [-0.25, -0.2) is 13.1 Å². The van der Waals surface area contributed by atoms with E-state index in [1.807, 2.05) is 44.2 Å². The number of nitrogens with one attached hydrogen (secondary N) is 3. The summed E-state index contributed by atoms with van der Waals surface area (Å²) in [6.07, 6.45) is 3.98.